The van der Waals surface area contributed by atoms with E-state index in [2.05, 4.69) is 12.2 Å². The second kappa shape index (κ2) is 9.55. The highest BCUT2D eigenvalue weighted by atomic mass is 16.5. The molecule has 148 valence electrons. The molecule has 2 N–H and O–H groups in total. The first-order valence-electron chi connectivity index (χ1n) is 9.42. The van der Waals surface area contributed by atoms with Crippen molar-refractivity contribution in [1.29, 1.82) is 0 Å². The van der Waals surface area contributed by atoms with Gasteiger partial charge in [0.2, 0.25) is 0 Å². The predicted molar refractivity (Wildman–Crippen MR) is 113 cm³/mol. The molecule has 5 heteroatoms. The number of carbonyl (C=O) groups excluding carboxylic acids is 1. The Kier molecular flexibility index (Phi) is 6.63. The van der Waals surface area contributed by atoms with Gasteiger partial charge in [0.25, 0.3) is 0 Å². The minimum atomic E-state index is -1.00. The summed E-state index contributed by atoms with van der Waals surface area (Å²) in [6, 6.07) is 24.2. The Labute approximate surface area is 170 Å². The largest absolute Gasteiger partial charge is 0.482 e. The number of carbonyl (C=O) groups is 2. The minimum absolute atomic E-state index is 0.0131. The first-order valence-corrected chi connectivity index (χ1v) is 9.42. The van der Waals surface area contributed by atoms with Gasteiger partial charge >= 0.3 is 5.97 Å². The van der Waals surface area contributed by atoms with Gasteiger partial charge in [-0.15, -0.1) is 0 Å². The van der Waals surface area contributed by atoms with Crippen LogP contribution in [0.15, 0.2) is 78.9 Å². The van der Waals surface area contributed by atoms with Gasteiger partial charge in [0.15, 0.2) is 12.4 Å². The molecule has 0 saturated heterocycles. The maximum Gasteiger partial charge on any atom is 0.341 e. The van der Waals surface area contributed by atoms with Gasteiger partial charge in [-0.3, -0.25) is 4.79 Å². The van der Waals surface area contributed by atoms with Crippen LogP contribution in [0.1, 0.15) is 28.4 Å². The van der Waals surface area contributed by atoms with Crippen molar-refractivity contribution in [2.45, 2.75) is 19.4 Å². The number of carboxylic acids is 1. The summed E-state index contributed by atoms with van der Waals surface area (Å²) >= 11 is 0. The van der Waals surface area contributed by atoms with Gasteiger partial charge in [-0.1, -0.05) is 54.6 Å². The molecule has 0 fully saturated rings. The van der Waals surface area contributed by atoms with Gasteiger partial charge in [-0.25, -0.2) is 4.79 Å². The lowest BCUT2D eigenvalue weighted by molar-refractivity contribution is -0.139. The Bertz CT molecular complexity index is 968. The van der Waals surface area contributed by atoms with Crippen LogP contribution in [0.4, 0.5) is 5.69 Å². The van der Waals surface area contributed by atoms with Crippen molar-refractivity contribution < 1.29 is 19.4 Å². The van der Waals surface area contributed by atoms with Crippen molar-refractivity contribution in [1.82, 2.24) is 0 Å². The third kappa shape index (κ3) is 5.69. The van der Waals surface area contributed by atoms with Crippen LogP contribution in [0.2, 0.25) is 0 Å². The van der Waals surface area contributed by atoms with E-state index < -0.39 is 5.97 Å². The van der Waals surface area contributed by atoms with Crippen LogP contribution in [0, 0.1) is 0 Å². The summed E-state index contributed by atoms with van der Waals surface area (Å²) in [5.41, 5.74) is 3.18. The Balaban J connectivity index is 1.66. The number of rotatable bonds is 9. The Hall–Kier alpha value is -3.60. The maximum atomic E-state index is 12.9. The molecule has 0 aliphatic rings. The Morgan fingerprint density at radius 3 is 2.28 bits per heavy atom. The van der Waals surface area contributed by atoms with Crippen molar-refractivity contribution in [3.8, 4) is 5.75 Å². The minimum Gasteiger partial charge on any atom is -0.482 e. The lowest BCUT2D eigenvalue weighted by Gasteiger charge is -2.18. The average Bonchev–Trinajstić information content (AvgIpc) is 2.73. The molecule has 0 radical (unpaired) electrons. The summed E-state index contributed by atoms with van der Waals surface area (Å²) in [5.74, 6) is -0.494. The van der Waals surface area contributed by atoms with Crippen LogP contribution >= 0.6 is 0 Å². The molecule has 0 spiro atoms. The van der Waals surface area contributed by atoms with Crippen molar-refractivity contribution in [2.75, 3.05) is 11.9 Å². The fourth-order valence-corrected chi connectivity index (χ4v) is 3.09. The summed E-state index contributed by atoms with van der Waals surface area (Å²) in [5, 5.41) is 12.1. The zero-order valence-electron chi connectivity index (χ0n) is 16.2. The topological polar surface area (TPSA) is 75.6 Å². The molecular formula is C24H23NO4. The van der Waals surface area contributed by atoms with E-state index in [4.69, 9.17) is 9.84 Å². The van der Waals surface area contributed by atoms with E-state index in [9.17, 15) is 9.59 Å². The van der Waals surface area contributed by atoms with E-state index in [1.165, 1.54) is 0 Å². The standard InChI is InChI=1S/C24H23NO4/c1-17(15-18-11-13-20(14-12-18)29-16-23(26)27)25-22-10-6-5-9-21(22)24(28)19-7-3-2-4-8-19/h2-14,17,25H,15-16H2,1H3,(H,26,27). The SMILES string of the molecule is CC(Cc1ccc(OCC(=O)O)cc1)Nc1ccccc1C(=O)c1ccccc1. The number of benzene rings is 3. The summed E-state index contributed by atoms with van der Waals surface area (Å²) in [4.78, 5) is 23.4. The second-order valence-electron chi connectivity index (χ2n) is 6.82. The number of ketones is 1. The number of hydrogen-bond donors (Lipinski definition) is 2. The van der Waals surface area contributed by atoms with Crippen LogP contribution in [-0.4, -0.2) is 29.5 Å². The molecule has 0 aromatic heterocycles. The molecule has 5 nitrogen and oxygen atoms in total. The third-order valence-corrected chi connectivity index (χ3v) is 4.44. The van der Waals surface area contributed by atoms with Crippen LogP contribution in [-0.2, 0) is 11.2 Å². The Morgan fingerprint density at radius 1 is 0.931 bits per heavy atom. The number of hydrogen-bond acceptors (Lipinski definition) is 4. The molecule has 0 bridgehead atoms. The highest BCUT2D eigenvalue weighted by molar-refractivity contribution is 6.12. The molecule has 1 unspecified atom stereocenters. The van der Waals surface area contributed by atoms with Crippen LogP contribution in [0.5, 0.6) is 5.75 Å². The summed E-state index contributed by atoms with van der Waals surface area (Å²) in [6.07, 6.45) is 0.743. The molecule has 0 saturated carbocycles. The van der Waals surface area contributed by atoms with E-state index in [0.717, 1.165) is 17.7 Å². The lowest BCUT2D eigenvalue weighted by Crippen LogP contribution is -2.20. The van der Waals surface area contributed by atoms with Gasteiger partial charge in [-0.2, -0.15) is 0 Å². The van der Waals surface area contributed by atoms with Gasteiger partial charge in [0, 0.05) is 22.9 Å². The molecule has 0 aliphatic carbocycles. The highest BCUT2D eigenvalue weighted by Crippen LogP contribution is 2.21. The number of ether oxygens (including phenoxy) is 1. The van der Waals surface area contributed by atoms with E-state index in [1.807, 2.05) is 66.7 Å². The number of para-hydroxylation sites is 1. The summed E-state index contributed by atoms with van der Waals surface area (Å²) in [6.45, 7) is 1.70. The molecular weight excluding hydrogens is 366 g/mol. The molecule has 0 aliphatic heterocycles. The molecule has 3 aromatic rings. The number of anilines is 1. The van der Waals surface area contributed by atoms with Crippen LogP contribution in [0.3, 0.4) is 0 Å². The zero-order chi connectivity index (χ0) is 20.6. The van der Waals surface area contributed by atoms with Crippen molar-refractivity contribution in [2.24, 2.45) is 0 Å². The number of carboxylic acid groups (broad SMARTS) is 1. The fourth-order valence-electron chi connectivity index (χ4n) is 3.09. The fraction of sp³-hybridized carbons (Fsp3) is 0.167. The van der Waals surface area contributed by atoms with E-state index in [-0.39, 0.29) is 18.4 Å². The van der Waals surface area contributed by atoms with Gasteiger partial charge in [-0.05, 0) is 43.2 Å². The molecule has 0 amide bonds. The lowest BCUT2D eigenvalue weighted by atomic mass is 10.0. The summed E-state index contributed by atoms with van der Waals surface area (Å²) in [7, 11) is 0. The van der Waals surface area contributed by atoms with Crippen LogP contribution < -0.4 is 10.1 Å². The average molecular weight is 389 g/mol. The highest BCUT2D eigenvalue weighted by Gasteiger charge is 2.14. The monoisotopic (exact) mass is 389 g/mol. The van der Waals surface area contributed by atoms with Crippen molar-refractivity contribution >= 4 is 17.4 Å². The quantitative estimate of drug-likeness (QED) is 0.530. The number of nitrogens with one attached hydrogen (secondary N) is 1. The van der Waals surface area contributed by atoms with Crippen molar-refractivity contribution in [3.63, 3.8) is 0 Å². The van der Waals surface area contributed by atoms with Gasteiger partial charge in [0.1, 0.15) is 5.75 Å². The van der Waals surface area contributed by atoms with Gasteiger partial charge in [0.05, 0.1) is 0 Å². The molecule has 3 rings (SSSR count). The third-order valence-electron chi connectivity index (χ3n) is 4.44. The maximum absolute atomic E-state index is 12.9. The van der Waals surface area contributed by atoms with E-state index >= 15 is 0 Å². The van der Waals surface area contributed by atoms with Crippen molar-refractivity contribution in [3.05, 3.63) is 95.6 Å². The first kappa shape index (κ1) is 20.1. The normalized spacial score (nSPS) is 11.5. The van der Waals surface area contributed by atoms with E-state index in [1.54, 1.807) is 12.1 Å². The first-order chi connectivity index (χ1) is 14.0. The molecule has 29 heavy (non-hydrogen) atoms. The van der Waals surface area contributed by atoms with Crippen LogP contribution in [0.25, 0.3) is 0 Å². The molecule has 0 heterocycles. The summed E-state index contributed by atoms with van der Waals surface area (Å²) < 4.78 is 5.15. The van der Waals surface area contributed by atoms with E-state index in [0.29, 0.717) is 16.9 Å². The molecule has 1 atom stereocenters. The number of aliphatic carboxylic acids is 1. The zero-order valence-corrected chi connectivity index (χ0v) is 16.2. The molecule has 3 aromatic carbocycles. The Morgan fingerprint density at radius 2 is 1.59 bits per heavy atom. The second-order valence-corrected chi connectivity index (χ2v) is 6.82. The smallest absolute Gasteiger partial charge is 0.341 e. The van der Waals surface area contributed by atoms with Gasteiger partial charge < -0.3 is 15.2 Å². The predicted octanol–water partition coefficient (Wildman–Crippen LogP) is 4.42.